The van der Waals surface area contributed by atoms with E-state index in [0.29, 0.717) is 29.9 Å². The minimum Gasteiger partial charge on any atom is -0.415 e. The third kappa shape index (κ3) is 5.54. The molecule has 0 aliphatic carbocycles. The molecule has 30 heavy (non-hydrogen) atoms. The Labute approximate surface area is 185 Å². The molecule has 1 aromatic carbocycles. The average molecular weight is 473 g/mol. The number of hydrogen-bond acceptors (Lipinski definition) is 7. The van der Waals surface area contributed by atoms with Crippen molar-refractivity contribution in [2.45, 2.75) is 55.6 Å². The van der Waals surface area contributed by atoms with Gasteiger partial charge >= 0.3 is 0 Å². The lowest BCUT2D eigenvalue weighted by atomic mass is 9.97. The topological polar surface area (TPSA) is 105 Å². The van der Waals surface area contributed by atoms with Crippen LogP contribution in [0.3, 0.4) is 0 Å². The van der Waals surface area contributed by atoms with Gasteiger partial charge in [-0.2, -0.15) is 4.31 Å². The van der Waals surface area contributed by atoms with Crippen molar-refractivity contribution in [3.05, 3.63) is 29.1 Å². The van der Waals surface area contributed by atoms with Crippen LogP contribution in [0, 0.1) is 0 Å². The van der Waals surface area contributed by atoms with Crippen LogP contribution in [0.4, 0.5) is 5.69 Å². The molecular weight excluding hydrogens is 448 g/mol. The fourth-order valence-electron chi connectivity index (χ4n) is 2.92. The number of aromatic nitrogens is 2. The molecule has 164 valence electrons. The molecule has 1 aromatic heterocycles. The number of carbonyl (C=O) groups excluding carboxylic acids is 1. The Balaban J connectivity index is 1.66. The summed E-state index contributed by atoms with van der Waals surface area (Å²) in [6.07, 6.45) is 2.68. The smallest absolute Gasteiger partial charge is 0.277 e. The van der Waals surface area contributed by atoms with Gasteiger partial charge in [0, 0.05) is 24.2 Å². The summed E-state index contributed by atoms with van der Waals surface area (Å²) in [5, 5.41) is 11.1. The highest BCUT2D eigenvalue weighted by Crippen LogP contribution is 2.30. The largest absolute Gasteiger partial charge is 0.415 e. The van der Waals surface area contributed by atoms with Crippen molar-refractivity contribution in [2.24, 2.45) is 0 Å². The minimum atomic E-state index is -3.71. The summed E-state index contributed by atoms with van der Waals surface area (Å²) in [5.41, 5.74) is 0.0923. The van der Waals surface area contributed by atoms with Crippen LogP contribution in [-0.4, -0.2) is 47.7 Å². The van der Waals surface area contributed by atoms with Gasteiger partial charge in [0.25, 0.3) is 5.22 Å². The Morgan fingerprint density at radius 3 is 2.57 bits per heavy atom. The number of thioether (sulfide) groups is 1. The lowest BCUT2D eigenvalue weighted by Gasteiger charge is -2.26. The molecule has 11 heteroatoms. The lowest BCUT2D eigenvalue weighted by Crippen LogP contribution is -2.35. The zero-order valence-electron chi connectivity index (χ0n) is 17.1. The molecular formula is C19H25ClN4O4S2. The molecule has 8 nitrogen and oxygen atoms in total. The van der Waals surface area contributed by atoms with E-state index in [4.69, 9.17) is 16.0 Å². The van der Waals surface area contributed by atoms with Gasteiger partial charge < -0.3 is 9.73 Å². The fraction of sp³-hybridized carbons (Fsp3) is 0.526. The van der Waals surface area contributed by atoms with Crippen LogP contribution in [0.15, 0.2) is 32.7 Å². The molecule has 1 N–H and O–H groups in total. The number of halogens is 1. The SMILES string of the molecule is CC(C)(C)c1nnc(SCC(=O)Nc2ccc(Cl)c(S(=O)(=O)N3CCCCC3)c2)o1. The number of nitrogens with zero attached hydrogens (tertiary/aromatic N) is 3. The zero-order chi connectivity index (χ0) is 21.9. The summed E-state index contributed by atoms with van der Waals surface area (Å²) in [6.45, 7) is 6.83. The number of carbonyl (C=O) groups is 1. The molecule has 2 heterocycles. The number of benzene rings is 1. The van der Waals surface area contributed by atoms with Gasteiger partial charge in [0.2, 0.25) is 21.8 Å². The molecule has 0 bridgehead atoms. The first-order chi connectivity index (χ1) is 14.1. The quantitative estimate of drug-likeness (QED) is 0.635. The maximum absolute atomic E-state index is 12.9. The average Bonchev–Trinajstić information content (AvgIpc) is 3.18. The maximum atomic E-state index is 12.9. The van der Waals surface area contributed by atoms with Crippen LogP contribution < -0.4 is 5.32 Å². The molecule has 0 atom stereocenters. The number of anilines is 1. The monoisotopic (exact) mass is 472 g/mol. The molecule has 1 fully saturated rings. The van der Waals surface area contributed by atoms with Crippen molar-refractivity contribution in [1.82, 2.24) is 14.5 Å². The van der Waals surface area contributed by atoms with Crippen LogP contribution >= 0.6 is 23.4 Å². The van der Waals surface area contributed by atoms with Gasteiger partial charge in [-0.15, -0.1) is 10.2 Å². The molecule has 0 unspecified atom stereocenters. The summed E-state index contributed by atoms with van der Waals surface area (Å²) < 4.78 is 32.9. The number of nitrogens with one attached hydrogen (secondary N) is 1. The van der Waals surface area contributed by atoms with E-state index in [1.54, 1.807) is 6.07 Å². The molecule has 1 aliphatic heterocycles. The molecule has 0 radical (unpaired) electrons. The van der Waals surface area contributed by atoms with Gasteiger partial charge in [0.05, 0.1) is 10.8 Å². The van der Waals surface area contributed by atoms with Crippen LogP contribution in [0.2, 0.25) is 5.02 Å². The first-order valence-electron chi connectivity index (χ1n) is 9.64. The van der Waals surface area contributed by atoms with Crippen molar-refractivity contribution >= 4 is 45.0 Å². The maximum Gasteiger partial charge on any atom is 0.277 e. The Morgan fingerprint density at radius 2 is 1.93 bits per heavy atom. The third-order valence-corrected chi connectivity index (χ3v) is 7.72. The highest BCUT2D eigenvalue weighted by Gasteiger charge is 2.28. The van der Waals surface area contributed by atoms with Crippen LogP contribution in [0.25, 0.3) is 0 Å². The van der Waals surface area contributed by atoms with Crippen LogP contribution in [-0.2, 0) is 20.2 Å². The Kier molecular flexibility index (Phi) is 7.11. The second-order valence-corrected chi connectivity index (χ2v) is 11.3. The number of sulfonamides is 1. The van der Waals surface area contributed by atoms with E-state index in [-0.39, 0.29) is 27.0 Å². The molecule has 2 aromatic rings. The van der Waals surface area contributed by atoms with Gasteiger partial charge in [-0.3, -0.25) is 4.79 Å². The van der Waals surface area contributed by atoms with Crippen molar-refractivity contribution in [3.63, 3.8) is 0 Å². The first-order valence-corrected chi connectivity index (χ1v) is 12.4. The predicted octanol–water partition coefficient (Wildman–Crippen LogP) is 3.93. The van der Waals surface area contributed by atoms with Gasteiger partial charge in [0.1, 0.15) is 4.90 Å². The highest BCUT2D eigenvalue weighted by atomic mass is 35.5. The summed E-state index contributed by atoms with van der Waals surface area (Å²) >= 11 is 7.28. The summed E-state index contributed by atoms with van der Waals surface area (Å²) in [5.74, 6) is 0.220. The number of amides is 1. The Hall–Kier alpha value is -1.62. The van der Waals surface area contributed by atoms with Crippen LogP contribution in [0.1, 0.15) is 45.9 Å². The Bertz CT molecular complexity index is 1010. The van der Waals surface area contributed by atoms with Gasteiger partial charge in [0.15, 0.2) is 0 Å². The third-order valence-electron chi connectivity index (χ3n) is 4.52. The van der Waals surface area contributed by atoms with Crippen molar-refractivity contribution in [3.8, 4) is 0 Å². The molecule has 3 rings (SSSR count). The van der Waals surface area contributed by atoms with Crippen molar-refractivity contribution in [1.29, 1.82) is 0 Å². The van der Waals surface area contributed by atoms with E-state index >= 15 is 0 Å². The molecule has 1 amide bonds. The Morgan fingerprint density at radius 1 is 1.23 bits per heavy atom. The highest BCUT2D eigenvalue weighted by molar-refractivity contribution is 7.99. The van der Waals surface area contributed by atoms with Gasteiger partial charge in [-0.25, -0.2) is 8.42 Å². The van der Waals surface area contributed by atoms with E-state index in [1.807, 2.05) is 20.8 Å². The number of piperidine rings is 1. The second kappa shape index (κ2) is 9.25. The van der Waals surface area contributed by atoms with Crippen molar-refractivity contribution < 1.29 is 17.6 Å². The van der Waals surface area contributed by atoms with E-state index in [2.05, 4.69) is 15.5 Å². The zero-order valence-corrected chi connectivity index (χ0v) is 19.5. The predicted molar refractivity (Wildman–Crippen MR) is 116 cm³/mol. The normalized spacial score (nSPS) is 15.9. The molecule has 0 spiro atoms. The summed E-state index contributed by atoms with van der Waals surface area (Å²) in [6, 6.07) is 4.46. The van der Waals surface area contributed by atoms with Gasteiger partial charge in [-0.1, -0.05) is 50.6 Å². The fourth-order valence-corrected chi connectivity index (χ4v) is 5.50. The minimum absolute atomic E-state index is 0.00300. The lowest BCUT2D eigenvalue weighted by molar-refractivity contribution is -0.113. The van der Waals surface area contributed by atoms with Crippen molar-refractivity contribution in [2.75, 3.05) is 24.2 Å². The number of rotatable bonds is 6. The van der Waals surface area contributed by atoms with E-state index < -0.39 is 10.0 Å². The van der Waals surface area contributed by atoms with Gasteiger partial charge in [-0.05, 0) is 31.0 Å². The summed E-state index contributed by atoms with van der Waals surface area (Å²) in [4.78, 5) is 12.3. The first kappa shape index (κ1) is 23.1. The summed E-state index contributed by atoms with van der Waals surface area (Å²) in [7, 11) is -3.71. The number of hydrogen-bond donors (Lipinski definition) is 1. The molecule has 0 saturated carbocycles. The van der Waals surface area contributed by atoms with E-state index in [1.165, 1.54) is 16.4 Å². The molecule has 1 aliphatic rings. The standard InChI is InChI=1S/C19H25ClN4O4S2/c1-19(2,3)17-22-23-18(28-17)29-12-16(25)21-13-7-8-14(20)15(11-13)30(26,27)24-9-5-4-6-10-24/h7-8,11H,4-6,9-10,12H2,1-3H3,(H,21,25). The molecule has 1 saturated heterocycles. The van der Waals surface area contributed by atoms with E-state index in [9.17, 15) is 13.2 Å². The van der Waals surface area contributed by atoms with Crippen LogP contribution in [0.5, 0.6) is 0 Å². The van der Waals surface area contributed by atoms with E-state index in [0.717, 1.165) is 31.0 Å². The second-order valence-electron chi connectivity index (χ2n) is 8.07.